The van der Waals surface area contributed by atoms with Gasteiger partial charge in [0.1, 0.15) is 5.60 Å². The first kappa shape index (κ1) is 13.5. The van der Waals surface area contributed by atoms with Gasteiger partial charge in [-0.15, -0.1) is 0 Å². The van der Waals surface area contributed by atoms with Gasteiger partial charge in [0.25, 0.3) is 0 Å². The first-order valence-electron chi connectivity index (χ1n) is 6.74. The van der Waals surface area contributed by atoms with Crippen LogP contribution in [0.4, 0.5) is 0 Å². The third kappa shape index (κ3) is 3.23. The van der Waals surface area contributed by atoms with Crippen molar-refractivity contribution in [3.63, 3.8) is 0 Å². The van der Waals surface area contributed by atoms with E-state index in [0.29, 0.717) is 5.92 Å². The van der Waals surface area contributed by atoms with Gasteiger partial charge in [-0.1, -0.05) is 26.7 Å². The molecule has 0 atom stereocenters. The highest BCUT2D eigenvalue weighted by Crippen LogP contribution is 2.36. The van der Waals surface area contributed by atoms with Gasteiger partial charge in [0.2, 0.25) is 0 Å². The zero-order valence-electron chi connectivity index (χ0n) is 11.2. The number of hydrogen-bond donors (Lipinski definition) is 0. The van der Waals surface area contributed by atoms with Crippen LogP contribution >= 0.6 is 0 Å². The van der Waals surface area contributed by atoms with E-state index in [1.807, 2.05) is 0 Å². The zero-order valence-corrected chi connectivity index (χ0v) is 11.2. The van der Waals surface area contributed by atoms with E-state index in [9.17, 15) is 4.79 Å². The van der Waals surface area contributed by atoms with Crippen LogP contribution in [0.5, 0.6) is 0 Å². The molecule has 0 spiro atoms. The predicted octanol–water partition coefficient (Wildman–Crippen LogP) is 3.93. The minimum absolute atomic E-state index is 0.00176. The van der Waals surface area contributed by atoms with Crippen LogP contribution in [-0.2, 0) is 9.53 Å². The summed E-state index contributed by atoms with van der Waals surface area (Å²) in [6, 6.07) is 0. The lowest BCUT2D eigenvalue weighted by atomic mass is 9.89. The lowest BCUT2D eigenvalue weighted by Crippen LogP contribution is -2.37. The molecular formula is C14H26O2. The summed E-state index contributed by atoms with van der Waals surface area (Å²) in [6.07, 6.45) is 6.77. The minimum atomic E-state index is -0.268. The van der Waals surface area contributed by atoms with Crippen molar-refractivity contribution in [2.45, 2.75) is 71.8 Å². The molecule has 0 bridgehead atoms. The first-order chi connectivity index (χ1) is 7.51. The molecule has 1 fully saturated rings. The normalized spacial score (nSPS) is 18.1. The number of rotatable bonds is 5. The largest absolute Gasteiger partial charge is 0.459 e. The molecule has 0 N–H and O–H groups in total. The van der Waals surface area contributed by atoms with E-state index in [0.717, 1.165) is 12.8 Å². The van der Waals surface area contributed by atoms with Crippen molar-refractivity contribution in [3.8, 4) is 0 Å². The summed E-state index contributed by atoms with van der Waals surface area (Å²) in [6.45, 7) is 8.25. The van der Waals surface area contributed by atoms with Gasteiger partial charge in [-0.3, -0.25) is 4.79 Å². The Labute approximate surface area is 99.8 Å². The second-order valence-electron chi connectivity index (χ2n) is 5.52. The second-order valence-corrected chi connectivity index (χ2v) is 5.52. The standard InChI is InChI=1S/C14H26O2/c1-5-11(6-2)13(15)16-14(3,4)12-9-7-8-10-12/h11-12H,5-10H2,1-4H3. The highest BCUT2D eigenvalue weighted by atomic mass is 16.6. The van der Waals surface area contributed by atoms with Crippen LogP contribution in [0.2, 0.25) is 0 Å². The van der Waals surface area contributed by atoms with Crippen LogP contribution in [0.3, 0.4) is 0 Å². The highest BCUT2D eigenvalue weighted by Gasteiger charge is 2.36. The van der Waals surface area contributed by atoms with Crippen LogP contribution in [-0.4, -0.2) is 11.6 Å². The fourth-order valence-corrected chi connectivity index (χ4v) is 2.67. The number of hydrogen-bond acceptors (Lipinski definition) is 2. The van der Waals surface area contributed by atoms with Crippen molar-refractivity contribution in [1.29, 1.82) is 0 Å². The van der Waals surface area contributed by atoms with Crippen LogP contribution in [0.15, 0.2) is 0 Å². The quantitative estimate of drug-likeness (QED) is 0.664. The molecule has 0 aromatic carbocycles. The number of ether oxygens (including phenoxy) is 1. The molecule has 94 valence electrons. The van der Waals surface area contributed by atoms with Gasteiger partial charge < -0.3 is 4.74 Å². The third-order valence-electron chi connectivity index (χ3n) is 4.02. The van der Waals surface area contributed by atoms with E-state index in [1.54, 1.807) is 0 Å². The van der Waals surface area contributed by atoms with Gasteiger partial charge >= 0.3 is 5.97 Å². The van der Waals surface area contributed by atoms with Gasteiger partial charge in [-0.25, -0.2) is 0 Å². The molecule has 0 heterocycles. The van der Waals surface area contributed by atoms with Gasteiger partial charge in [0.15, 0.2) is 0 Å². The van der Waals surface area contributed by atoms with Gasteiger partial charge in [0.05, 0.1) is 5.92 Å². The number of carbonyl (C=O) groups excluding carboxylic acids is 1. The van der Waals surface area contributed by atoms with Gasteiger partial charge in [-0.05, 0) is 45.4 Å². The lowest BCUT2D eigenvalue weighted by Gasteiger charge is -2.32. The molecule has 0 radical (unpaired) electrons. The summed E-state index contributed by atoms with van der Waals surface area (Å²) >= 11 is 0. The fraction of sp³-hybridized carbons (Fsp3) is 0.929. The number of esters is 1. The van der Waals surface area contributed by atoms with E-state index in [4.69, 9.17) is 4.74 Å². The summed E-state index contributed by atoms with van der Waals surface area (Å²) in [7, 11) is 0. The molecule has 0 amide bonds. The van der Waals surface area contributed by atoms with Crippen molar-refractivity contribution in [2.75, 3.05) is 0 Å². The van der Waals surface area contributed by atoms with E-state index >= 15 is 0 Å². The summed E-state index contributed by atoms with van der Waals surface area (Å²) in [5, 5.41) is 0. The molecule has 0 aliphatic heterocycles. The summed E-state index contributed by atoms with van der Waals surface area (Å²) in [5.41, 5.74) is -0.268. The van der Waals surface area contributed by atoms with Crippen molar-refractivity contribution in [2.24, 2.45) is 11.8 Å². The first-order valence-corrected chi connectivity index (χ1v) is 6.74. The Morgan fingerprint density at radius 2 is 1.75 bits per heavy atom. The molecule has 1 rings (SSSR count). The van der Waals surface area contributed by atoms with Crippen LogP contribution < -0.4 is 0 Å². The van der Waals surface area contributed by atoms with Crippen molar-refractivity contribution in [1.82, 2.24) is 0 Å². The maximum atomic E-state index is 12.0. The molecule has 2 nitrogen and oxygen atoms in total. The summed E-state index contributed by atoms with van der Waals surface area (Å²) in [4.78, 5) is 12.0. The predicted molar refractivity (Wildman–Crippen MR) is 66.2 cm³/mol. The average molecular weight is 226 g/mol. The topological polar surface area (TPSA) is 26.3 Å². The third-order valence-corrected chi connectivity index (χ3v) is 4.02. The van der Waals surface area contributed by atoms with Crippen molar-refractivity contribution < 1.29 is 9.53 Å². The number of carbonyl (C=O) groups is 1. The Bertz CT molecular complexity index is 223. The van der Waals surface area contributed by atoms with Gasteiger partial charge in [-0.2, -0.15) is 0 Å². The van der Waals surface area contributed by atoms with Crippen molar-refractivity contribution in [3.05, 3.63) is 0 Å². The summed E-state index contributed by atoms with van der Waals surface area (Å²) < 4.78 is 5.73. The van der Waals surface area contributed by atoms with Crippen LogP contribution in [0.1, 0.15) is 66.2 Å². The molecule has 1 saturated carbocycles. The smallest absolute Gasteiger partial charge is 0.309 e. The molecule has 0 unspecified atom stereocenters. The average Bonchev–Trinajstić information content (AvgIpc) is 2.71. The van der Waals surface area contributed by atoms with E-state index in [1.165, 1.54) is 25.7 Å². The Kier molecular flexibility index (Phi) is 4.82. The van der Waals surface area contributed by atoms with E-state index < -0.39 is 0 Å². The van der Waals surface area contributed by atoms with Gasteiger partial charge in [0, 0.05) is 0 Å². The Morgan fingerprint density at radius 1 is 1.25 bits per heavy atom. The zero-order chi connectivity index (χ0) is 12.2. The molecular weight excluding hydrogens is 200 g/mol. The lowest BCUT2D eigenvalue weighted by molar-refractivity contribution is -0.167. The van der Waals surface area contributed by atoms with E-state index in [2.05, 4.69) is 27.7 Å². The minimum Gasteiger partial charge on any atom is -0.459 e. The molecule has 0 aromatic heterocycles. The van der Waals surface area contributed by atoms with E-state index in [-0.39, 0.29) is 17.5 Å². The van der Waals surface area contributed by atoms with Crippen LogP contribution in [0.25, 0.3) is 0 Å². The van der Waals surface area contributed by atoms with Crippen molar-refractivity contribution >= 4 is 5.97 Å². The Hall–Kier alpha value is -0.530. The highest BCUT2D eigenvalue weighted by molar-refractivity contribution is 5.72. The monoisotopic (exact) mass is 226 g/mol. The molecule has 0 aromatic rings. The molecule has 0 saturated heterocycles. The summed E-state index contributed by atoms with van der Waals surface area (Å²) in [5.74, 6) is 0.647. The fourth-order valence-electron chi connectivity index (χ4n) is 2.67. The Balaban J connectivity index is 2.53. The Morgan fingerprint density at radius 3 is 2.19 bits per heavy atom. The molecule has 2 heteroatoms. The molecule has 16 heavy (non-hydrogen) atoms. The molecule has 1 aliphatic rings. The second kappa shape index (κ2) is 5.70. The maximum absolute atomic E-state index is 12.0. The SMILES string of the molecule is CCC(CC)C(=O)OC(C)(C)C1CCCC1. The van der Waals surface area contributed by atoms with Crippen LogP contribution in [0, 0.1) is 11.8 Å². The maximum Gasteiger partial charge on any atom is 0.309 e. The molecule has 1 aliphatic carbocycles.